The number of likely N-dealkylation sites (tertiary alicyclic amines) is 1. The van der Waals surface area contributed by atoms with Crippen molar-refractivity contribution >= 4 is 15.9 Å². The van der Waals surface area contributed by atoms with E-state index in [0.29, 0.717) is 10.4 Å². The van der Waals surface area contributed by atoms with Crippen LogP contribution in [0.5, 0.6) is 0 Å². The fourth-order valence-corrected chi connectivity index (χ4v) is 3.12. The summed E-state index contributed by atoms with van der Waals surface area (Å²) in [6, 6.07) is 0. The average molecular weight is 260 g/mol. The van der Waals surface area contributed by atoms with E-state index >= 15 is 0 Å². The van der Waals surface area contributed by atoms with Gasteiger partial charge in [-0.3, -0.25) is 4.90 Å². The van der Waals surface area contributed by atoms with E-state index in [9.17, 15) is 0 Å². The summed E-state index contributed by atoms with van der Waals surface area (Å²) in [5.41, 5.74) is 0.379. The molecule has 1 atom stereocenters. The molecular weight excluding hydrogens is 238 g/mol. The van der Waals surface area contributed by atoms with Crippen LogP contribution in [0.1, 0.15) is 46.0 Å². The molecule has 0 aromatic heterocycles. The molecule has 2 rings (SSSR count). The first-order chi connectivity index (χ1) is 6.60. The fourth-order valence-electron chi connectivity index (χ4n) is 2.63. The SMILES string of the molecule is CC1(C)C(Br)CCN1CCC1CCC1. The number of nitrogens with zero attached hydrogens (tertiary/aromatic N) is 1. The van der Waals surface area contributed by atoms with Gasteiger partial charge in [0.15, 0.2) is 0 Å². The van der Waals surface area contributed by atoms with Crippen LogP contribution in [0, 0.1) is 5.92 Å². The van der Waals surface area contributed by atoms with Crippen molar-refractivity contribution in [1.29, 1.82) is 0 Å². The molecule has 1 unspecified atom stereocenters. The molecule has 1 saturated heterocycles. The third kappa shape index (κ3) is 2.01. The van der Waals surface area contributed by atoms with Crippen molar-refractivity contribution in [3.8, 4) is 0 Å². The smallest absolute Gasteiger partial charge is 0.0336 e. The summed E-state index contributed by atoms with van der Waals surface area (Å²) >= 11 is 3.80. The van der Waals surface area contributed by atoms with E-state index in [0.717, 1.165) is 5.92 Å². The zero-order valence-corrected chi connectivity index (χ0v) is 11.0. The number of hydrogen-bond acceptors (Lipinski definition) is 1. The van der Waals surface area contributed by atoms with Crippen LogP contribution in [0.4, 0.5) is 0 Å². The molecule has 0 amide bonds. The van der Waals surface area contributed by atoms with Gasteiger partial charge in [-0.1, -0.05) is 35.2 Å². The normalized spacial score (nSPS) is 33.2. The Kier molecular flexibility index (Phi) is 3.23. The van der Waals surface area contributed by atoms with Crippen molar-refractivity contribution in [3.63, 3.8) is 0 Å². The lowest BCUT2D eigenvalue weighted by molar-refractivity contribution is 0.152. The Balaban J connectivity index is 1.79. The zero-order valence-electron chi connectivity index (χ0n) is 9.43. The van der Waals surface area contributed by atoms with Crippen LogP contribution >= 0.6 is 15.9 Å². The van der Waals surface area contributed by atoms with Crippen LogP contribution in [0.2, 0.25) is 0 Å². The van der Waals surface area contributed by atoms with Crippen LogP contribution in [0.3, 0.4) is 0 Å². The largest absolute Gasteiger partial charge is 0.297 e. The second-order valence-corrected chi connectivity index (χ2v) is 6.59. The standard InChI is InChI=1S/C12H22BrN/c1-12(2)11(13)7-9-14(12)8-6-10-4-3-5-10/h10-11H,3-9H2,1-2H3. The topological polar surface area (TPSA) is 3.24 Å². The van der Waals surface area contributed by atoms with E-state index in [1.165, 1.54) is 45.2 Å². The number of hydrogen-bond donors (Lipinski definition) is 0. The minimum atomic E-state index is 0.379. The van der Waals surface area contributed by atoms with Gasteiger partial charge < -0.3 is 0 Å². The number of rotatable bonds is 3. The molecule has 1 aliphatic heterocycles. The van der Waals surface area contributed by atoms with Gasteiger partial charge in [0.05, 0.1) is 0 Å². The Morgan fingerprint density at radius 2 is 2.00 bits per heavy atom. The molecule has 0 aromatic rings. The fraction of sp³-hybridized carbons (Fsp3) is 1.00. The molecule has 2 heteroatoms. The van der Waals surface area contributed by atoms with Crippen molar-refractivity contribution in [3.05, 3.63) is 0 Å². The molecule has 14 heavy (non-hydrogen) atoms. The van der Waals surface area contributed by atoms with E-state index in [2.05, 4.69) is 34.7 Å². The molecule has 0 bridgehead atoms. The maximum Gasteiger partial charge on any atom is 0.0336 e. The second kappa shape index (κ2) is 4.13. The van der Waals surface area contributed by atoms with Gasteiger partial charge in [0.2, 0.25) is 0 Å². The Bertz CT molecular complexity index is 198. The van der Waals surface area contributed by atoms with Crippen molar-refractivity contribution in [2.45, 2.75) is 56.3 Å². The van der Waals surface area contributed by atoms with Gasteiger partial charge >= 0.3 is 0 Å². The molecular formula is C12H22BrN. The molecule has 2 aliphatic rings. The Morgan fingerprint density at radius 1 is 1.29 bits per heavy atom. The molecule has 1 heterocycles. The zero-order chi connectivity index (χ0) is 10.2. The first-order valence-electron chi connectivity index (χ1n) is 6.00. The van der Waals surface area contributed by atoms with Gasteiger partial charge in [-0.05, 0) is 45.7 Å². The van der Waals surface area contributed by atoms with Crippen LogP contribution in [-0.4, -0.2) is 28.4 Å². The summed E-state index contributed by atoms with van der Waals surface area (Å²) < 4.78 is 0. The van der Waals surface area contributed by atoms with Crippen LogP contribution in [-0.2, 0) is 0 Å². The summed E-state index contributed by atoms with van der Waals surface area (Å²) in [7, 11) is 0. The first-order valence-corrected chi connectivity index (χ1v) is 6.91. The van der Waals surface area contributed by atoms with Crippen LogP contribution < -0.4 is 0 Å². The quantitative estimate of drug-likeness (QED) is 0.703. The maximum absolute atomic E-state index is 3.80. The third-order valence-electron chi connectivity index (χ3n) is 4.27. The van der Waals surface area contributed by atoms with E-state index in [-0.39, 0.29) is 0 Å². The monoisotopic (exact) mass is 259 g/mol. The summed E-state index contributed by atoms with van der Waals surface area (Å²) in [6.07, 6.45) is 7.22. The van der Waals surface area contributed by atoms with Gasteiger partial charge in [0.1, 0.15) is 0 Å². The molecule has 0 spiro atoms. The van der Waals surface area contributed by atoms with Crippen molar-refractivity contribution in [2.24, 2.45) is 5.92 Å². The first kappa shape index (κ1) is 10.9. The molecule has 82 valence electrons. The third-order valence-corrected chi connectivity index (χ3v) is 5.84. The van der Waals surface area contributed by atoms with Crippen LogP contribution in [0.25, 0.3) is 0 Å². The van der Waals surface area contributed by atoms with Gasteiger partial charge in [-0.15, -0.1) is 0 Å². The molecule has 0 radical (unpaired) electrons. The van der Waals surface area contributed by atoms with Crippen LogP contribution in [0.15, 0.2) is 0 Å². The summed E-state index contributed by atoms with van der Waals surface area (Å²) in [6.45, 7) is 7.36. The highest BCUT2D eigenvalue weighted by molar-refractivity contribution is 9.09. The van der Waals surface area contributed by atoms with Gasteiger partial charge in [0.25, 0.3) is 0 Å². The highest BCUT2D eigenvalue weighted by Crippen LogP contribution is 2.36. The minimum absolute atomic E-state index is 0.379. The molecule has 0 N–H and O–H groups in total. The average Bonchev–Trinajstić information content (AvgIpc) is 2.28. The van der Waals surface area contributed by atoms with E-state index < -0.39 is 0 Å². The second-order valence-electron chi connectivity index (χ2n) is 5.48. The summed E-state index contributed by atoms with van der Waals surface area (Å²) in [5.74, 6) is 1.06. The Labute approximate surface area is 96.4 Å². The lowest BCUT2D eigenvalue weighted by Crippen LogP contribution is -2.43. The molecule has 1 nitrogen and oxygen atoms in total. The predicted molar refractivity (Wildman–Crippen MR) is 64.9 cm³/mol. The predicted octanol–water partition coefficient (Wildman–Crippen LogP) is 3.42. The summed E-state index contributed by atoms with van der Waals surface area (Å²) in [4.78, 5) is 3.36. The highest BCUT2D eigenvalue weighted by Gasteiger charge is 2.39. The van der Waals surface area contributed by atoms with E-state index in [1.54, 1.807) is 0 Å². The molecule has 1 aliphatic carbocycles. The molecule has 2 fully saturated rings. The Hall–Kier alpha value is 0.440. The summed E-state index contributed by atoms with van der Waals surface area (Å²) in [5, 5.41) is 0. The lowest BCUT2D eigenvalue weighted by Gasteiger charge is -2.36. The van der Waals surface area contributed by atoms with E-state index in [1.807, 2.05) is 0 Å². The van der Waals surface area contributed by atoms with Gasteiger partial charge in [0, 0.05) is 10.4 Å². The molecule has 1 saturated carbocycles. The maximum atomic E-state index is 3.80. The van der Waals surface area contributed by atoms with E-state index in [4.69, 9.17) is 0 Å². The van der Waals surface area contributed by atoms with Crippen molar-refractivity contribution < 1.29 is 0 Å². The molecule has 0 aromatic carbocycles. The minimum Gasteiger partial charge on any atom is -0.297 e. The van der Waals surface area contributed by atoms with Gasteiger partial charge in [-0.25, -0.2) is 0 Å². The number of halogens is 1. The lowest BCUT2D eigenvalue weighted by atomic mass is 9.83. The number of alkyl halides is 1. The van der Waals surface area contributed by atoms with Crippen molar-refractivity contribution in [1.82, 2.24) is 4.90 Å². The van der Waals surface area contributed by atoms with Crippen molar-refractivity contribution in [2.75, 3.05) is 13.1 Å². The Morgan fingerprint density at radius 3 is 2.43 bits per heavy atom. The highest BCUT2D eigenvalue weighted by atomic mass is 79.9. The van der Waals surface area contributed by atoms with Gasteiger partial charge in [-0.2, -0.15) is 0 Å².